The number of H-pyrrole nitrogens is 1. The van der Waals surface area contributed by atoms with Crippen molar-refractivity contribution in [1.82, 2.24) is 20.3 Å². The average Bonchev–Trinajstić information content (AvgIpc) is 2.78. The lowest BCUT2D eigenvalue weighted by Gasteiger charge is -2.03. The SMILES string of the molecule is O=C(NCc1cnc[nH]1)c1cncc(Br)c1. The normalized spacial score (nSPS) is 10.1. The number of carbonyl (C=O) groups excluding carboxylic acids is 1. The number of aromatic amines is 1. The first-order valence-electron chi connectivity index (χ1n) is 4.62. The number of halogens is 1. The minimum absolute atomic E-state index is 0.164. The van der Waals surface area contributed by atoms with Crippen LogP contribution >= 0.6 is 15.9 Å². The zero-order valence-electron chi connectivity index (χ0n) is 8.27. The van der Waals surface area contributed by atoms with Crippen LogP contribution in [0, 0.1) is 0 Å². The second kappa shape index (κ2) is 4.89. The summed E-state index contributed by atoms with van der Waals surface area (Å²) in [5.41, 5.74) is 1.38. The standard InChI is InChI=1S/C10H9BrN4O/c11-8-1-7(2-12-3-8)10(16)14-5-9-4-13-6-15-9/h1-4,6H,5H2,(H,13,15)(H,14,16). The molecule has 0 fully saturated rings. The van der Waals surface area contributed by atoms with E-state index in [0.717, 1.165) is 10.2 Å². The van der Waals surface area contributed by atoms with Crippen LogP contribution in [0.25, 0.3) is 0 Å². The summed E-state index contributed by atoms with van der Waals surface area (Å²) in [6.07, 6.45) is 6.39. The fourth-order valence-corrected chi connectivity index (χ4v) is 1.56. The highest BCUT2D eigenvalue weighted by molar-refractivity contribution is 9.10. The zero-order chi connectivity index (χ0) is 11.4. The topological polar surface area (TPSA) is 70.7 Å². The molecular weight excluding hydrogens is 272 g/mol. The number of aromatic nitrogens is 3. The molecule has 0 spiro atoms. The van der Waals surface area contributed by atoms with E-state index in [1.165, 1.54) is 6.20 Å². The maximum Gasteiger partial charge on any atom is 0.253 e. The van der Waals surface area contributed by atoms with E-state index in [0.29, 0.717) is 12.1 Å². The maximum absolute atomic E-state index is 11.7. The van der Waals surface area contributed by atoms with Crippen molar-refractivity contribution in [2.75, 3.05) is 0 Å². The van der Waals surface area contributed by atoms with Gasteiger partial charge in [0.25, 0.3) is 5.91 Å². The van der Waals surface area contributed by atoms with Crippen LogP contribution in [0.1, 0.15) is 16.1 Å². The monoisotopic (exact) mass is 280 g/mol. The molecule has 6 heteroatoms. The van der Waals surface area contributed by atoms with Gasteiger partial charge in [0.2, 0.25) is 0 Å². The van der Waals surface area contributed by atoms with Gasteiger partial charge in [-0.2, -0.15) is 0 Å². The first-order valence-corrected chi connectivity index (χ1v) is 5.41. The third-order valence-electron chi connectivity index (χ3n) is 1.96. The van der Waals surface area contributed by atoms with Gasteiger partial charge in [-0.05, 0) is 22.0 Å². The fraction of sp³-hybridized carbons (Fsp3) is 0.100. The van der Waals surface area contributed by atoms with E-state index >= 15 is 0 Å². The third-order valence-corrected chi connectivity index (χ3v) is 2.39. The Morgan fingerprint density at radius 3 is 2.94 bits per heavy atom. The zero-order valence-corrected chi connectivity index (χ0v) is 9.86. The molecule has 2 N–H and O–H groups in total. The molecular formula is C10H9BrN4O. The summed E-state index contributed by atoms with van der Waals surface area (Å²) in [5.74, 6) is -0.164. The Bertz CT molecular complexity index is 483. The molecule has 0 aliphatic carbocycles. The second-order valence-corrected chi connectivity index (χ2v) is 4.07. The van der Waals surface area contributed by atoms with Crippen LogP contribution in [-0.2, 0) is 6.54 Å². The van der Waals surface area contributed by atoms with Crippen molar-refractivity contribution in [3.05, 3.63) is 46.7 Å². The van der Waals surface area contributed by atoms with E-state index in [1.807, 2.05) is 0 Å². The average molecular weight is 281 g/mol. The number of hydrogen-bond acceptors (Lipinski definition) is 3. The van der Waals surface area contributed by atoms with Crippen molar-refractivity contribution in [1.29, 1.82) is 0 Å². The lowest BCUT2D eigenvalue weighted by atomic mass is 10.2. The van der Waals surface area contributed by atoms with Crippen molar-refractivity contribution in [2.24, 2.45) is 0 Å². The van der Waals surface area contributed by atoms with Gasteiger partial charge in [0.05, 0.1) is 24.1 Å². The first kappa shape index (κ1) is 10.8. The molecule has 0 saturated carbocycles. The lowest BCUT2D eigenvalue weighted by Crippen LogP contribution is -2.23. The smallest absolute Gasteiger partial charge is 0.253 e. The van der Waals surface area contributed by atoms with E-state index in [2.05, 4.69) is 36.2 Å². The van der Waals surface area contributed by atoms with Crippen molar-refractivity contribution in [2.45, 2.75) is 6.54 Å². The van der Waals surface area contributed by atoms with E-state index in [1.54, 1.807) is 24.8 Å². The van der Waals surface area contributed by atoms with E-state index in [4.69, 9.17) is 0 Å². The molecule has 5 nitrogen and oxygen atoms in total. The molecule has 0 saturated heterocycles. The molecule has 0 aliphatic rings. The molecule has 0 aromatic carbocycles. The summed E-state index contributed by atoms with van der Waals surface area (Å²) < 4.78 is 0.779. The van der Waals surface area contributed by atoms with Gasteiger partial charge in [-0.3, -0.25) is 9.78 Å². The lowest BCUT2D eigenvalue weighted by molar-refractivity contribution is 0.0950. The predicted octanol–water partition coefficient (Wildman–Crippen LogP) is 1.50. The summed E-state index contributed by atoms with van der Waals surface area (Å²) in [7, 11) is 0. The van der Waals surface area contributed by atoms with Crippen molar-refractivity contribution in [3.8, 4) is 0 Å². The number of rotatable bonds is 3. The Hall–Kier alpha value is -1.69. The molecule has 16 heavy (non-hydrogen) atoms. The number of imidazole rings is 1. The summed E-state index contributed by atoms with van der Waals surface area (Å²) in [4.78, 5) is 22.4. The highest BCUT2D eigenvalue weighted by Crippen LogP contribution is 2.09. The molecule has 2 aromatic heterocycles. The molecule has 2 rings (SSSR count). The Labute approximate surface area is 100 Å². The van der Waals surface area contributed by atoms with Crippen molar-refractivity contribution in [3.63, 3.8) is 0 Å². The quantitative estimate of drug-likeness (QED) is 0.895. The highest BCUT2D eigenvalue weighted by Gasteiger charge is 2.06. The number of nitrogens with zero attached hydrogens (tertiary/aromatic N) is 2. The van der Waals surface area contributed by atoms with Crippen LogP contribution in [0.3, 0.4) is 0 Å². The van der Waals surface area contributed by atoms with Crippen molar-refractivity contribution < 1.29 is 4.79 Å². The molecule has 1 amide bonds. The van der Waals surface area contributed by atoms with Gasteiger partial charge >= 0.3 is 0 Å². The largest absolute Gasteiger partial charge is 0.347 e. The molecule has 0 atom stereocenters. The number of nitrogens with one attached hydrogen (secondary N) is 2. The Kier molecular flexibility index (Phi) is 3.31. The van der Waals surface area contributed by atoms with Gasteiger partial charge in [0.1, 0.15) is 0 Å². The summed E-state index contributed by atoms with van der Waals surface area (Å²) in [6.45, 7) is 0.422. The van der Waals surface area contributed by atoms with E-state index in [9.17, 15) is 4.79 Å². The van der Waals surface area contributed by atoms with Gasteiger partial charge < -0.3 is 10.3 Å². The van der Waals surface area contributed by atoms with Crippen LogP contribution in [-0.4, -0.2) is 20.9 Å². The maximum atomic E-state index is 11.7. The molecule has 2 heterocycles. The molecule has 0 radical (unpaired) electrons. The van der Waals surface area contributed by atoms with Gasteiger partial charge in [-0.1, -0.05) is 0 Å². The Morgan fingerprint density at radius 1 is 1.38 bits per heavy atom. The van der Waals surface area contributed by atoms with Crippen LogP contribution in [0.4, 0.5) is 0 Å². The second-order valence-electron chi connectivity index (χ2n) is 3.15. The minimum atomic E-state index is -0.164. The fourth-order valence-electron chi connectivity index (χ4n) is 1.19. The third kappa shape index (κ3) is 2.66. The molecule has 0 unspecified atom stereocenters. The number of amides is 1. The Morgan fingerprint density at radius 2 is 2.25 bits per heavy atom. The number of carbonyl (C=O) groups is 1. The predicted molar refractivity (Wildman–Crippen MR) is 61.7 cm³/mol. The van der Waals surface area contributed by atoms with Gasteiger partial charge in [0.15, 0.2) is 0 Å². The van der Waals surface area contributed by atoms with Gasteiger partial charge in [-0.25, -0.2) is 4.98 Å². The van der Waals surface area contributed by atoms with Crippen LogP contribution in [0.2, 0.25) is 0 Å². The highest BCUT2D eigenvalue weighted by atomic mass is 79.9. The van der Waals surface area contributed by atoms with E-state index in [-0.39, 0.29) is 5.91 Å². The van der Waals surface area contributed by atoms with Gasteiger partial charge in [0, 0.05) is 23.1 Å². The summed E-state index contributed by atoms with van der Waals surface area (Å²) in [5, 5.41) is 2.76. The first-order chi connectivity index (χ1) is 7.75. The van der Waals surface area contributed by atoms with Crippen LogP contribution in [0.15, 0.2) is 35.5 Å². The van der Waals surface area contributed by atoms with Crippen LogP contribution in [0.5, 0.6) is 0 Å². The molecule has 2 aromatic rings. The number of pyridine rings is 1. The van der Waals surface area contributed by atoms with E-state index < -0.39 is 0 Å². The Balaban J connectivity index is 1.98. The number of hydrogen-bond donors (Lipinski definition) is 2. The van der Waals surface area contributed by atoms with Crippen LogP contribution < -0.4 is 5.32 Å². The summed E-state index contributed by atoms with van der Waals surface area (Å²) in [6, 6.07) is 1.72. The molecule has 0 bridgehead atoms. The summed E-state index contributed by atoms with van der Waals surface area (Å²) >= 11 is 3.26. The molecule has 0 aliphatic heterocycles. The molecule has 82 valence electrons. The van der Waals surface area contributed by atoms with Crippen molar-refractivity contribution >= 4 is 21.8 Å². The van der Waals surface area contributed by atoms with Gasteiger partial charge in [-0.15, -0.1) is 0 Å². The minimum Gasteiger partial charge on any atom is -0.347 e.